The van der Waals surface area contributed by atoms with Crippen LogP contribution in [-0.2, 0) is 16.2 Å². The Morgan fingerprint density at radius 1 is 0.287 bits per heavy atom. The van der Waals surface area contributed by atoms with Crippen molar-refractivity contribution in [3.63, 3.8) is 0 Å². The summed E-state index contributed by atoms with van der Waals surface area (Å²) in [5.41, 5.74) is 30.2. The molecule has 0 spiro atoms. The minimum absolute atomic E-state index is 0.0501. The molecule has 3 aliphatic rings. The van der Waals surface area contributed by atoms with Crippen molar-refractivity contribution in [1.29, 1.82) is 0 Å². The molecule has 0 aliphatic heterocycles. The van der Waals surface area contributed by atoms with E-state index in [0.717, 1.165) is 25.7 Å². The zero-order valence-electron chi connectivity index (χ0n) is 55.8. The fourth-order valence-corrected chi connectivity index (χ4v) is 18.1. The predicted octanol–water partition coefficient (Wildman–Crippen LogP) is 26.2. The SMILES string of the molecule is CCCCC1(CCCC)c2cc(C)ccc2-c2ccc(N(c3ccc4c(c3)C(CCCC)(CCCC)c3cc(C)ccc3-4)c3ccc4cc(-c5c6ccccc6c(-c6cccc7c6C(c6ccccc6)(c6ccccc6)c6ccccc6-7)c6ccccc56)ccc4c3)cc21. The molecule has 16 rings (SSSR count). The van der Waals surface area contributed by atoms with Gasteiger partial charge in [0.05, 0.1) is 5.41 Å². The lowest BCUT2D eigenvalue weighted by Gasteiger charge is -2.35. The van der Waals surface area contributed by atoms with Crippen molar-refractivity contribution in [2.45, 2.75) is 135 Å². The maximum atomic E-state index is 2.64. The van der Waals surface area contributed by atoms with Crippen LogP contribution in [0, 0.1) is 13.8 Å². The Balaban J connectivity index is 0.880. The van der Waals surface area contributed by atoms with Gasteiger partial charge in [-0.05, 0) is 214 Å². The first-order valence-electron chi connectivity index (χ1n) is 35.4. The van der Waals surface area contributed by atoms with Gasteiger partial charge < -0.3 is 4.90 Å². The molecule has 0 N–H and O–H groups in total. The fraction of sp³-hybridized carbons (Fsp3) is 0.226. The molecular weight excluding hydrogens is 1130 g/mol. The van der Waals surface area contributed by atoms with Crippen molar-refractivity contribution in [2.24, 2.45) is 0 Å². The molecule has 94 heavy (non-hydrogen) atoms. The molecule has 0 saturated carbocycles. The lowest BCUT2D eigenvalue weighted by Crippen LogP contribution is -2.29. The van der Waals surface area contributed by atoms with Crippen LogP contribution in [0.4, 0.5) is 17.1 Å². The smallest absolute Gasteiger partial charge is 0.0719 e. The Bertz CT molecular complexity index is 4820. The normalized spacial score (nSPS) is 14.2. The molecule has 0 fully saturated rings. The summed E-state index contributed by atoms with van der Waals surface area (Å²) < 4.78 is 0. The number of nitrogens with zero attached hydrogens (tertiary/aromatic N) is 1. The summed E-state index contributed by atoms with van der Waals surface area (Å²) in [4.78, 5) is 2.63. The molecule has 0 bridgehead atoms. The summed E-state index contributed by atoms with van der Waals surface area (Å²) in [5.74, 6) is 0. The molecule has 0 unspecified atom stereocenters. The third kappa shape index (κ3) is 9.23. The highest BCUT2D eigenvalue weighted by Crippen LogP contribution is 2.62. The number of fused-ring (bicyclic) bond motifs is 12. The van der Waals surface area contributed by atoms with Crippen molar-refractivity contribution in [1.82, 2.24) is 0 Å². The lowest BCUT2D eigenvalue weighted by atomic mass is 9.65. The summed E-state index contributed by atoms with van der Waals surface area (Å²) in [6.45, 7) is 14.0. The number of hydrogen-bond acceptors (Lipinski definition) is 1. The molecule has 1 heteroatoms. The number of benzene rings is 13. The number of anilines is 3. The van der Waals surface area contributed by atoms with E-state index in [1.165, 1.54) is 212 Å². The Labute approximate surface area is 557 Å². The predicted molar refractivity (Wildman–Crippen MR) is 402 cm³/mol. The van der Waals surface area contributed by atoms with E-state index in [-0.39, 0.29) is 10.8 Å². The second kappa shape index (κ2) is 24.1. The van der Waals surface area contributed by atoms with Crippen LogP contribution >= 0.6 is 0 Å². The third-order valence-electron chi connectivity index (χ3n) is 22.4. The Kier molecular flexibility index (Phi) is 15.2. The van der Waals surface area contributed by atoms with Gasteiger partial charge in [-0.25, -0.2) is 0 Å². The summed E-state index contributed by atoms with van der Waals surface area (Å²) in [6, 6.07) is 102. The van der Waals surface area contributed by atoms with E-state index >= 15 is 0 Å². The van der Waals surface area contributed by atoms with E-state index in [2.05, 4.69) is 307 Å². The summed E-state index contributed by atoms with van der Waals surface area (Å²) in [5, 5.41) is 7.46. The molecular formula is C93H85N. The van der Waals surface area contributed by atoms with Gasteiger partial charge in [-0.15, -0.1) is 0 Å². The molecule has 0 amide bonds. The Hall–Kier alpha value is -9.56. The largest absolute Gasteiger partial charge is 0.310 e. The van der Waals surface area contributed by atoms with Crippen LogP contribution in [0.15, 0.2) is 261 Å². The lowest BCUT2D eigenvalue weighted by molar-refractivity contribution is 0.414. The van der Waals surface area contributed by atoms with Gasteiger partial charge in [0.15, 0.2) is 0 Å². The van der Waals surface area contributed by atoms with Crippen molar-refractivity contribution >= 4 is 49.4 Å². The molecule has 13 aromatic carbocycles. The average molecular weight is 1220 g/mol. The minimum Gasteiger partial charge on any atom is -0.310 e. The van der Waals surface area contributed by atoms with Gasteiger partial charge in [-0.3, -0.25) is 0 Å². The maximum Gasteiger partial charge on any atom is 0.0719 e. The van der Waals surface area contributed by atoms with Crippen LogP contribution in [0.5, 0.6) is 0 Å². The van der Waals surface area contributed by atoms with Crippen molar-refractivity contribution < 1.29 is 0 Å². The highest BCUT2D eigenvalue weighted by atomic mass is 15.1. The monoisotopic (exact) mass is 1220 g/mol. The van der Waals surface area contributed by atoms with Gasteiger partial charge in [-0.1, -0.05) is 309 Å². The van der Waals surface area contributed by atoms with Crippen LogP contribution in [0.3, 0.4) is 0 Å². The topological polar surface area (TPSA) is 3.24 Å². The van der Waals surface area contributed by atoms with E-state index in [1.54, 1.807) is 0 Å². The standard InChI is InChI=1S/C93H85N/c1-7-11-52-91(53-12-8-2)84-56-62(5)40-48-73(84)75-50-46-70(60-86(75)91)94(71-47-51-76-74-49-41-63(6)57-85(74)92(54-13-9-3,55-14-10-4)87(76)61-71)69-45-44-64-58-66(43-42-65(64)59-69)88-77-33-21-23-35-79(77)89(80-36-24-22-34-78(80)88)82-38-27-37-81-72-32-25-26-39-83(72)93(90(81)82,67-28-17-15-18-29-67)68-30-19-16-20-31-68/h15-51,56-61H,7-14,52-55H2,1-6H3. The van der Waals surface area contributed by atoms with Gasteiger partial charge in [-0.2, -0.15) is 0 Å². The van der Waals surface area contributed by atoms with Gasteiger partial charge in [0.2, 0.25) is 0 Å². The van der Waals surface area contributed by atoms with Crippen LogP contribution in [-0.4, -0.2) is 0 Å². The molecule has 0 radical (unpaired) electrons. The van der Waals surface area contributed by atoms with Crippen LogP contribution in [0.2, 0.25) is 0 Å². The third-order valence-corrected chi connectivity index (χ3v) is 22.4. The molecule has 0 saturated heterocycles. The van der Waals surface area contributed by atoms with Crippen LogP contribution < -0.4 is 4.90 Å². The minimum atomic E-state index is -0.558. The highest BCUT2D eigenvalue weighted by molar-refractivity contribution is 6.22. The van der Waals surface area contributed by atoms with Crippen LogP contribution in [0.25, 0.3) is 88.0 Å². The molecule has 1 nitrogen and oxygen atoms in total. The molecule has 462 valence electrons. The van der Waals surface area contributed by atoms with E-state index in [4.69, 9.17) is 0 Å². The zero-order chi connectivity index (χ0) is 63.7. The number of aryl methyl sites for hydroxylation is 2. The molecule has 0 aromatic heterocycles. The van der Waals surface area contributed by atoms with Gasteiger partial charge >= 0.3 is 0 Å². The maximum absolute atomic E-state index is 2.64. The molecule has 0 heterocycles. The molecule has 0 atom stereocenters. The van der Waals surface area contributed by atoms with E-state index < -0.39 is 5.41 Å². The van der Waals surface area contributed by atoms with E-state index in [9.17, 15) is 0 Å². The van der Waals surface area contributed by atoms with Gasteiger partial charge in [0.1, 0.15) is 0 Å². The summed E-state index contributed by atoms with van der Waals surface area (Å²) in [7, 11) is 0. The number of unbranched alkanes of at least 4 members (excludes halogenated alkanes) is 4. The number of hydrogen-bond donors (Lipinski definition) is 0. The second-order valence-electron chi connectivity index (χ2n) is 27.8. The van der Waals surface area contributed by atoms with Crippen molar-refractivity contribution in [2.75, 3.05) is 4.90 Å². The average Bonchev–Trinajstić information content (AvgIpc) is 1.58. The van der Waals surface area contributed by atoms with E-state index in [1.807, 2.05) is 0 Å². The zero-order valence-corrected chi connectivity index (χ0v) is 55.8. The summed E-state index contributed by atoms with van der Waals surface area (Å²) in [6.07, 6.45) is 14.1. The summed E-state index contributed by atoms with van der Waals surface area (Å²) >= 11 is 0. The molecule has 3 aliphatic carbocycles. The molecule has 13 aromatic rings. The van der Waals surface area contributed by atoms with Gasteiger partial charge in [0, 0.05) is 27.9 Å². The Morgan fingerprint density at radius 3 is 1.18 bits per heavy atom. The fourth-order valence-electron chi connectivity index (χ4n) is 18.1. The quantitative estimate of drug-likeness (QED) is 0.0730. The highest BCUT2D eigenvalue weighted by Gasteiger charge is 2.49. The van der Waals surface area contributed by atoms with Gasteiger partial charge in [0.25, 0.3) is 0 Å². The first kappa shape index (κ1) is 59.5. The Morgan fingerprint density at radius 2 is 0.670 bits per heavy atom. The first-order chi connectivity index (χ1) is 46.2. The first-order valence-corrected chi connectivity index (χ1v) is 35.4. The van der Waals surface area contributed by atoms with E-state index in [0.29, 0.717) is 0 Å². The van der Waals surface area contributed by atoms with Crippen LogP contribution in [0.1, 0.15) is 160 Å². The van der Waals surface area contributed by atoms with Crippen molar-refractivity contribution in [3.8, 4) is 55.6 Å². The second-order valence-corrected chi connectivity index (χ2v) is 27.8. The van der Waals surface area contributed by atoms with Crippen molar-refractivity contribution in [3.05, 3.63) is 316 Å². The number of rotatable bonds is 19.